The third-order valence-electron chi connectivity index (χ3n) is 6.59. The molecule has 4 rings (SSSR count). The molecular weight excluding hydrogens is 314 g/mol. The second kappa shape index (κ2) is 6.76. The number of likely N-dealkylation sites (tertiary alicyclic amines) is 3. The normalized spacial score (nSPS) is 28.2. The van der Waals surface area contributed by atoms with Gasteiger partial charge in [0.05, 0.1) is 6.54 Å². The first-order chi connectivity index (χ1) is 12.0. The fourth-order valence-corrected chi connectivity index (χ4v) is 4.93. The van der Waals surface area contributed by atoms with Crippen LogP contribution in [0, 0.1) is 12.3 Å². The maximum atomic E-state index is 12.5. The van der Waals surface area contributed by atoms with Gasteiger partial charge in [-0.15, -0.1) is 0 Å². The lowest BCUT2D eigenvalue weighted by molar-refractivity contribution is -0.142. The van der Waals surface area contributed by atoms with Crippen LogP contribution in [0.15, 0.2) is 16.5 Å². The fourth-order valence-electron chi connectivity index (χ4n) is 4.93. The Morgan fingerprint density at radius 3 is 2.64 bits per heavy atom. The molecule has 138 valence electrons. The first-order valence-electron chi connectivity index (χ1n) is 9.79. The molecular formula is C20H31N3O2. The van der Waals surface area contributed by atoms with Crippen LogP contribution in [0.5, 0.6) is 0 Å². The lowest BCUT2D eigenvalue weighted by atomic mass is 9.72. The van der Waals surface area contributed by atoms with Crippen LogP contribution in [-0.4, -0.2) is 66.4 Å². The summed E-state index contributed by atoms with van der Waals surface area (Å²) < 4.78 is 5.73. The van der Waals surface area contributed by atoms with Gasteiger partial charge in [0, 0.05) is 25.6 Å². The molecule has 0 aliphatic carbocycles. The van der Waals surface area contributed by atoms with Crippen LogP contribution < -0.4 is 0 Å². The van der Waals surface area contributed by atoms with Crippen molar-refractivity contribution >= 4 is 5.91 Å². The van der Waals surface area contributed by atoms with Crippen LogP contribution in [0.2, 0.25) is 0 Å². The van der Waals surface area contributed by atoms with Crippen molar-refractivity contribution in [2.45, 2.75) is 51.6 Å². The van der Waals surface area contributed by atoms with E-state index >= 15 is 0 Å². The molecule has 5 nitrogen and oxygen atoms in total. The molecule has 1 aromatic heterocycles. The standard InChI is InChI=1S/C20H31N3O2/c1-16-3-4-18(25-16)14-22-11-8-20(9-12-22)7-5-19(24)23(15-20)17-6-10-21(2)13-17/h3-4,17H,5-15H2,1-2H3. The number of carbonyl (C=O) groups excluding carboxylic acids is 1. The summed E-state index contributed by atoms with van der Waals surface area (Å²) in [7, 11) is 2.17. The molecule has 3 aliphatic heterocycles. The van der Waals surface area contributed by atoms with Crippen LogP contribution in [0.25, 0.3) is 0 Å². The molecule has 3 aliphatic rings. The second-order valence-electron chi connectivity index (χ2n) is 8.51. The summed E-state index contributed by atoms with van der Waals surface area (Å²) in [6.45, 7) is 8.31. The minimum absolute atomic E-state index is 0.352. The maximum absolute atomic E-state index is 12.5. The molecule has 3 saturated heterocycles. The van der Waals surface area contributed by atoms with E-state index in [-0.39, 0.29) is 0 Å². The van der Waals surface area contributed by atoms with Gasteiger partial charge in [-0.3, -0.25) is 9.69 Å². The van der Waals surface area contributed by atoms with Crippen LogP contribution >= 0.6 is 0 Å². The first-order valence-corrected chi connectivity index (χ1v) is 9.79. The highest BCUT2D eigenvalue weighted by Gasteiger charge is 2.43. The predicted octanol–water partition coefficient (Wildman–Crippen LogP) is 2.50. The first kappa shape index (κ1) is 17.1. The van der Waals surface area contributed by atoms with Crippen molar-refractivity contribution in [3.8, 4) is 0 Å². The fraction of sp³-hybridized carbons (Fsp3) is 0.750. The van der Waals surface area contributed by atoms with E-state index in [1.807, 2.05) is 13.0 Å². The highest BCUT2D eigenvalue weighted by molar-refractivity contribution is 5.77. The summed E-state index contributed by atoms with van der Waals surface area (Å²) in [6.07, 6.45) is 5.39. The van der Waals surface area contributed by atoms with Gasteiger partial charge in [-0.2, -0.15) is 0 Å². The number of carbonyl (C=O) groups is 1. The molecule has 1 aromatic rings. The molecule has 0 saturated carbocycles. The average molecular weight is 345 g/mol. The van der Waals surface area contributed by atoms with Crippen molar-refractivity contribution in [1.29, 1.82) is 0 Å². The zero-order valence-corrected chi connectivity index (χ0v) is 15.7. The van der Waals surface area contributed by atoms with Crippen LogP contribution in [0.4, 0.5) is 0 Å². The Bertz CT molecular complexity index is 618. The molecule has 1 atom stereocenters. The Morgan fingerprint density at radius 2 is 2.00 bits per heavy atom. The van der Waals surface area contributed by atoms with Gasteiger partial charge in [0.25, 0.3) is 0 Å². The van der Waals surface area contributed by atoms with Crippen molar-refractivity contribution < 1.29 is 9.21 Å². The maximum Gasteiger partial charge on any atom is 0.222 e. The van der Waals surface area contributed by atoms with E-state index in [4.69, 9.17) is 4.42 Å². The van der Waals surface area contributed by atoms with E-state index in [0.29, 0.717) is 17.4 Å². The van der Waals surface area contributed by atoms with Crippen LogP contribution in [0.1, 0.15) is 43.6 Å². The Kier molecular flexibility index (Phi) is 4.63. The quantitative estimate of drug-likeness (QED) is 0.844. The summed E-state index contributed by atoms with van der Waals surface area (Å²) in [5.74, 6) is 2.45. The monoisotopic (exact) mass is 345 g/mol. The summed E-state index contributed by atoms with van der Waals surface area (Å²) in [6, 6.07) is 4.58. The number of rotatable bonds is 3. The number of hydrogen-bond acceptors (Lipinski definition) is 4. The molecule has 1 amide bonds. The zero-order chi connectivity index (χ0) is 17.4. The van der Waals surface area contributed by atoms with E-state index in [9.17, 15) is 4.79 Å². The Morgan fingerprint density at radius 1 is 1.20 bits per heavy atom. The Hall–Kier alpha value is -1.33. The molecule has 1 unspecified atom stereocenters. The molecule has 1 spiro atoms. The number of hydrogen-bond donors (Lipinski definition) is 0. The van der Waals surface area contributed by atoms with E-state index in [1.54, 1.807) is 0 Å². The van der Waals surface area contributed by atoms with Crippen LogP contribution in [0.3, 0.4) is 0 Å². The smallest absolute Gasteiger partial charge is 0.222 e. The molecule has 0 N–H and O–H groups in total. The lowest BCUT2D eigenvalue weighted by Crippen LogP contribution is -2.54. The van der Waals surface area contributed by atoms with Gasteiger partial charge in [0.1, 0.15) is 11.5 Å². The van der Waals surface area contributed by atoms with Gasteiger partial charge >= 0.3 is 0 Å². The van der Waals surface area contributed by atoms with Crippen LogP contribution in [-0.2, 0) is 11.3 Å². The van der Waals surface area contributed by atoms with Gasteiger partial charge in [0.2, 0.25) is 5.91 Å². The number of piperidine rings is 2. The number of furan rings is 1. The molecule has 25 heavy (non-hydrogen) atoms. The van der Waals surface area contributed by atoms with Crippen molar-refractivity contribution in [2.24, 2.45) is 5.41 Å². The van der Waals surface area contributed by atoms with E-state index in [2.05, 4.69) is 27.8 Å². The molecule has 4 heterocycles. The predicted molar refractivity (Wildman–Crippen MR) is 97.2 cm³/mol. The SMILES string of the molecule is Cc1ccc(CN2CCC3(CCC(=O)N(C4CCN(C)C4)C3)CC2)o1. The van der Waals surface area contributed by atoms with Crippen molar-refractivity contribution in [3.63, 3.8) is 0 Å². The van der Waals surface area contributed by atoms with E-state index in [0.717, 1.165) is 70.1 Å². The summed E-state index contributed by atoms with van der Waals surface area (Å²) in [5.41, 5.74) is 0.352. The third kappa shape index (κ3) is 3.63. The molecule has 5 heteroatoms. The van der Waals surface area contributed by atoms with Crippen molar-refractivity contribution in [3.05, 3.63) is 23.7 Å². The highest BCUT2D eigenvalue weighted by Crippen LogP contribution is 2.41. The summed E-state index contributed by atoms with van der Waals surface area (Å²) >= 11 is 0. The number of amides is 1. The second-order valence-corrected chi connectivity index (χ2v) is 8.51. The summed E-state index contributed by atoms with van der Waals surface area (Å²) in [4.78, 5) is 19.6. The third-order valence-corrected chi connectivity index (χ3v) is 6.59. The van der Waals surface area contributed by atoms with E-state index < -0.39 is 0 Å². The van der Waals surface area contributed by atoms with E-state index in [1.165, 1.54) is 12.8 Å². The number of nitrogens with zero attached hydrogens (tertiary/aromatic N) is 3. The van der Waals surface area contributed by atoms with Crippen molar-refractivity contribution in [2.75, 3.05) is 39.8 Å². The molecule has 0 bridgehead atoms. The van der Waals surface area contributed by atoms with Gasteiger partial charge in [-0.25, -0.2) is 0 Å². The highest BCUT2D eigenvalue weighted by atomic mass is 16.3. The molecule has 3 fully saturated rings. The molecule has 0 aromatic carbocycles. The van der Waals surface area contributed by atoms with Crippen molar-refractivity contribution in [1.82, 2.24) is 14.7 Å². The van der Waals surface area contributed by atoms with Gasteiger partial charge in [-0.1, -0.05) is 0 Å². The van der Waals surface area contributed by atoms with Gasteiger partial charge < -0.3 is 14.2 Å². The zero-order valence-electron chi connectivity index (χ0n) is 15.7. The average Bonchev–Trinajstić information content (AvgIpc) is 3.21. The van der Waals surface area contributed by atoms with Gasteiger partial charge in [0.15, 0.2) is 0 Å². The topological polar surface area (TPSA) is 39.9 Å². The minimum atomic E-state index is 0.352. The minimum Gasteiger partial charge on any atom is -0.465 e. The lowest BCUT2D eigenvalue weighted by Gasteiger charge is -2.49. The Balaban J connectivity index is 1.35. The number of likely N-dealkylation sites (N-methyl/N-ethyl adjacent to an activating group) is 1. The Labute approximate surface area is 150 Å². The molecule has 0 radical (unpaired) electrons. The number of aryl methyl sites for hydroxylation is 1. The summed E-state index contributed by atoms with van der Waals surface area (Å²) in [5, 5.41) is 0. The largest absolute Gasteiger partial charge is 0.465 e. The van der Waals surface area contributed by atoms with Gasteiger partial charge in [-0.05, 0) is 76.8 Å².